The van der Waals surface area contributed by atoms with Crippen LogP contribution >= 0.6 is 0 Å². The summed E-state index contributed by atoms with van der Waals surface area (Å²) < 4.78 is 26.6. The minimum Gasteiger partial charge on any atom is -0.377 e. The number of nitrogens with one attached hydrogen (secondary N) is 1. The minimum atomic E-state index is -0.994. The zero-order chi connectivity index (χ0) is 19.7. The van der Waals surface area contributed by atoms with Crippen molar-refractivity contribution >= 4 is 17.3 Å². The second kappa shape index (κ2) is 7.30. The Labute approximate surface area is 154 Å². The normalized spacial score (nSPS) is 14.5. The molecule has 2 aromatic rings. The summed E-state index contributed by atoms with van der Waals surface area (Å²) in [7, 11) is 1.51. The standard InChI is InChI=1S/C19H19F2N3O3/c1-11(12-3-7-15(20)16(21)9-12)23(2)19(25)13-4-8-17(22-14-5-6-14)18(10-13)24(26)27/h3-4,7-11,14,22H,5-6H2,1-2H3. The van der Waals surface area contributed by atoms with Gasteiger partial charge in [-0.3, -0.25) is 14.9 Å². The number of nitro benzene ring substituents is 1. The average molecular weight is 375 g/mol. The molecule has 1 atom stereocenters. The third-order valence-corrected chi connectivity index (χ3v) is 4.71. The molecule has 6 nitrogen and oxygen atoms in total. The van der Waals surface area contributed by atoms with Gasteiger partial charge in [-0.2, -0.15) is 0 Å². The van der Waals surface area contributed by atoms with Gasteiger partial charge in [0.2, 0.25) is 0 Å². The second-order valence-corrected chi connectivity index (χ2v) is 6.67. The lowest BCUT2D eigenvalue weighted by atomic mass is 10.1. The van der Waals surface area contributed by atoms with Gasteiger partial charge in [-0.05, 0) is 49.6 Å². The van der Waals surface area contributed by atoms with E-state index in [1.165, 1.54) is 36.2 Å². The summed E-state index contributed by atoms with van der Waals surface area (Å²) >= 11 is 0. The molecule has 2 aromatic carbocycles. The predicted molar refractivity (Wildman–Crippen MR) is 96.6 cm³/mol. The first-order valence-electron chi connectivity index (χ1n) is 8.55. The maximum atomic E-state index is 13.5. The fourth-order valence-electron chi connectivity index (χ4n) is 2.76. The monoisotopic (exact) mass is 375 g/mol. The van der Waals surface area contributed by atoms with E-state index in [4.69, 9.17) is 0 Å². The molecule has 0 aromatic heterocycles. The fourth-order valence-corrected chi connectivity index (χ4v) is 2.76. The van der Waals surface area contributed by atoms with Crippen LogP contribution in [-0.4, -0.2) is 28.8 Å². The summed E-state index contributed by atoms with van der Waals surface area (Å²) in [6.07, 6.45) is 1.93. The van der Waals surface area contributed by atoms with E-state index in [0.29, 0.717) is 11.3 Å². The van der Waals surface area contributed by atoms with Gasteiger partial charge in [-0.15, -0.1) is 0 Å². The molecule has 27 heavy (non-hydrogen) atoms. The SMILES string of the molecule is CC(c1ccc(F)c(F)c1)N(C)C(=O)c1ccc(NC2CC2)c([N+](=O)[O-])c1. The van der Waals surface area contributed by atoms with E-state index in [1.807, 2.05) is 0 Å². The van der Waals surface area contributed by atoms with Gasteiger partial charge in [0, 0.05) is 24.7 Å². The lowest BCUT2D eigenvalue weighted by molar-refractivity contribution is -0.384. The van der Waals surface area contributed by atoms with Crippen LogP contribution in [0.4, 0.5) is 20.2 Å². The third kappa shape index (κ3) is 4.05. The van der Waals surface area contributed by atoms with Crippen LogP contribution in [0.5, 0.6) is 0 Å². The van der Waals surface area contributed by atoms with E-state index in [0.717, 1.165) is 25.0 Å². The highest BCUT2D eigenvalue weighted by molar-refractivity contribution is 5.95. The number of carbonyl (C=O) groups is 1. The molecule has 0 saturated heterocycles. The molecule has 1 saturated carbocycles. The maximum Gasteiger partial charge on any atom is 0.293 e. The molecule has 0 spiro atoms. The second-order valence-electron chi connectivity index (χ2n) is 6.67. The van der Waals surface area contributed by atoms with E-state index in [1.54, 1.807) is 6.92 Å². The van der Waals surface area contributed by atoms with Crippen LogP contribution in [0.3, 0.4) is 0 Å². The molecule has 8 heteroatoms. The van der Waals surface area contributed by atoms with Crippen molar-refractivity contribution in [2.24, 2.45) is 0 Å². The Morgan fingerprint density at radius 1 is 1.22 bits per heavy atom. The number of benzene rings is 2. The van der Waals surface area contributed by atoms with Crippen LogP contribution in [-0.2, 0) is 0 Å². The Morgan fingerprint density at radius 3 is 2.52 bits per heavy atom. The summed E-state index contributed by atoms with van der Waals surface area (Å²) in [5, 5.41) is 14.4. The molecule has 1 fully saturated rings. The van der Waals surface area contributed by atoms with Crippen molar-refractivity contribution in [3.05, 3.63) is 69.3 Å². The van der Waals surface area contributed by atoms with Crippen molar-refractivity contribution in [3.63, 3.8) is 0 Å². The van der Waals surface area contributed by atoms with Gasteiger partial charge in [0.25, 0.3) is 11.6 Å². The van der Waals surface area contributed by atoms with Crippen molar-refractivity contribution in [2.75, 3.05) is 12.4 Å². The topological polar surface area (TPSA) is 75.5 Å². The van der Waals surface area contributed by atoms with Gasteiger partial charge >= 0.3 is 0 Å². The first kappa shape index (κ1) is 18.8. The predicted octanol–water partition coefficient (Wildman–Crippen LogP) is 4.28. The molecule has 0 heterocycles. The number of nitrogens with zero attached hydrogens (tertiary/aromatic N) is 2. The molecule has 0 bridgehead atoms. The molecule has 1 aliphatic rings. The molecule has 1 N–H and O–H groups in total. The van der Waals surface area contributed by atoms with Gasteiger partial charge in [0.15, 0.2) is 11.6 Å². The smallest absolute Gasteiger partial charge is 0.293 e. The average Bonchev–Trinajstić information content (AvgIpc) is 3.46. The number of hydrogen-bond acceptors (Lipinski definition) is 4. The van der Waals surface area contributed by atoms with E-state index in [-0.39, 0.29) is 17.3 Å². The quantitative estimate of drug-likeness (QED) is 0.604. The molecule has 1 amide bonds. The zero-order valence-corrected chi connectivity index (χ0v) is 14.9. The lowest BCUT2D eigenvalue weighted by Crippen LogP contribution is -2.29. The summed E-state index contributed by atoms with van der Waals surface area (Å²) in [4.78, 5) is 24.9. The van der Waals surface area contributed by atoms with Crippen LogP contribution in [0.1, 0.15) is 41.7 Å². The van der Waals surface area contributed by atoms with Crippen molar-refractivity contribution in [3.8, 4) is 0 Å². The summed E-state index contributed by atoms with van der Waals surface area (Å²) in [5.74, 6) is -2.41. The van der Waals surface area contributed by atoms with Crippen LogP contribution in [0, 0.1) is 21.7 Å². The number of hydrogen-bond donors (Lipinski definition) is 1. The zero-order valence-electron chi connectivity index (χ0n) is 14.9. The number of carbonyl (C=O) groups excluding carboxylic acids is 1. The van der Waals surface area contributed by atoms with Gasteiger partial charge in [0.05, 0.1) is 11.0 Å². The first-order valence-corrected chi connectivity index (χ1v) is 8.55. The number of nitro groups is 1. The van der Waals surface area contributed by atoms with E-state index < -0.39 is 28.5 Å². The van der Waals surface area contributed by atoms with Crippen LogP contribution in [0.2, 0.25) is 0 Å². The number of amides is 1. The highest BCUT2D eigenvalue weighted by Crippen LogP contribution is 2.32. The summed E-state index contributed by atoms with van der Waals surface area (Å²) in [5.41, 5.74) is 0.795. The highest BCUT2D eigenvalue weighted by atomic mass is 19.2. The Hall–Kier alpha value is -3.03. The summed E-state index contributed by atoms with van der Waals surface area (Å²) in [6.45, 7) is 1.67. The third-order valence-electron chi connectivity index (χ3n) is 4.71. The Balaban J connectivity index is 1.84. The van der Waals surface area contributed by atoms with E-state index >= 15 is 0 Å². The van der Waals surface area contributed by atoms with E-state index in [9.17, 15) is 23.7 Å². The van der Waals surface area contributed by atoms with Crippen molar-refractivity contribution in [1.29, 1.82) is 0 Å². The molecule has 1 unspecified atom stereocenters. The maximum absolute atomic E-state index is 13.5. The molecule has 0 aliphatic heterocycles. The van der Waals surface area contributed by atoms with E-state index in [2.05, 4.69) is 5.32 Å². The summed E-state index contributed by atoms with van der Waals surface area (Å²) in [6, 6.07) is 7.42. The van der Waals surface area contributed by atoms with Crippen LogP contribution < -0.4 is 5.32 Å². The lowest BCUT2D eigenvalue weighted by Gasteiger charge is -2.25. The van der Waals surface area contributed by atoms with Crippen molar-refractivity contribution in [1.82, 2.24) is 4.90 Å². The van der Waals surface area contributed by atoms with Crippen LogP contribution in [0.25, 0.3) is 0 Å². The number of halogens is 2. The molecule has 1 aliphatic carbocycles. The molecule has 0 radical (unpaired) electrons. The molecule has 3 rings (SSSR count). The molecular weight excluding hydrogens is 356 g/mol. The minimum absolute atomic E-state index is 0.153. The Kier molecular flexibility index (Phi) is 5.07. The van der Waals surface area contributed by atoms with Gasteiger partial charge in [-0.25, -0.2) is 8.78 Å². The molecule has 142 valence electrons. The van der Waals surface area contributed by atoms with Gasteiger partial charge in [0.1, 0.15) is 5.69 Å². The fraction of sp³-hybridized carbons (Fsp3) is 0.316. The number of rotatable bonds is 6. The van der Waals surface area contributed by atoms with Crippen LogP contribution in [0.15, 0.2) is 36.4 Å². The van der Waals surface area contributed by atoms with Crippen molar-refractivity contribution in [2.45, 2.75) is 31.8 Å². The largest absolute Gasteiger partial charge is 0.377 e. The Morgan fingerprint density at radius 2 is 1.93 bits per heavy atom. The van der Waals surface area contributed by atoms with Gasteiger partial charge < -0.3 is 10.2 Å². The first-order chi connectivity index (χ1) is 12.8. The molecular formula is C19H19F2N3O3. The number of anilines is 1. The van der Waals surface area contributed by atoms with Crippen molar-refractivity contribution < 1.29 is 18.5 Å². The Bertz CT molecular complexity index is 900. The van der Waals surface area contributed by atoms with Gasteiger partial charge in [-0.1, -0.05) is 6.07 Å². The highest BCUT2D eigenvalue weighted by Gasteiger charge is 2.27.